The Bertz CT molecular complexity index is 413. The van der Waals surface area contributed by atoms with Crippen LogP contribution in [0.4, 0.5) is 0 Å². The number of carbonyl (C=O) groups is 1. The maximum absolute atomic E-state index is 11.6. The molecule has 0 aliphatic carbocycles. The van der Waals surface area contributed by atoms with Crippen molar-refractivity contribution in [1.29, 1.82) is 0 Å². The van der Waals surface area contributed by atoms with E-state index in [0.717, 1.165) is 5.75 Å². The van der Waals surface area contributed by atoms with Crippen LogP contribution < -0.4 is 10.1 Å². The molecule has 0 aliphatic rings. The average Bonchev–Trinajstić information content (AvgIpc) is 2.30. The molecule has 0 bridgehead atoms. The zero-order chi connectivity index (χ0) is 13.7. The van der Waals surface area contributed by atoms with Crippen LogP contribution in [0.2, 0.25) is 0 Å². The highest BCUT2D eigenvalue weighted by atomic mass is 16.5. The summed E-state index contributed by atoms with van der Waals surface area (Å²) < 4.78 is 5.47. The number of hydrogen-bond acceptors (Lipinski definition) is 2. The first kappa shape index (κ1) is 14.6. The predicted molar refractivity (Wildman–Crippen MR) is 73.9 cm³/mol. The number of rotatable bonds is 5. The summed E-state index contributed by atoms with van der Waals surface area (Å²) in [5, 5.41) is 2.91. The van der Waals surface area contributed by atoms with Crippen LogP contribution in [0, 0.1) is 19.8 Å². The Balaban J connectivity index is 2.45. The summed E-state index contributed by atoms with van der Waals surface area (Å²) in [6, 6.07) is 6.01. The summed E-state index contributed by atoms with van der Waals surface area (Å²) in [6.07, 6.45) is 0. The van der Waals surface area contributed by atoms with E-state index in [1.807, 2.05) is 32.0 Å². The van der Waals surface area contributed by atoms with Crippen molar-refractivity contribution in [1.82, 2.24) is 5.32 Å². The van der Waals surface area contributed by atoms with Crippen molar-refractivity contribution in [2.75, 3.05) is 6.61 Å². The molecule has 1 aromatic carbocycles. The molecule has 0 unspecified atom stereocenters. The molecule has 0 heterocycles. The van der Waals surface area contributed by atoms with E-state index in [9.17, 15) is 4.79 Å². The van der Waals surface area contributed by atoms with Crippen molar-refractivity contribution < 1.29 is 9.53 Å². The fraction of sp³-hybridized carbons (Fsp3) is 0.533. The smallest absolute Gasteiger partial charge is 0.258 e. The van der Waals surface area contributed by atoms with Gasteiger partial charge in [0.1, 0.15) is 5.75 Å². The summed E-state index contributed by atoms with van der Waals surface area (Å²) in [7, 11) is 0. The molecule has 0 radical (unpaired) electrons. The number of benzene rings is 1. The Morgan fingerprint density at radius 2 is 1.89 bits per heavy atom. The fourth-order valence-electron chi connectivity index (χ4n) is 1.41. The molecule has 3 nitrogen and oxygen atoms in total. The van der Waals surface area contributed by atoms with Crippen LogP contribution in [0.1, 0.15) is 31.9 Å². The monoisotopic (exact) mass is 249 g/mol. The Hall–Kier alpha value is -1.51. The maximum Gasteiger partial charge on any atom is 0.258 e. The van der Waals surface area contributed by atoms with Gasteiger partial charge in [0.2, 0.25) is 0 Å². The number of aryl methyl sites for hydroxylation is 2. The topological polar surface area (TPSA) is 38.3 Å². The number of ether oxygens (including phenoxy) is 1. The second-order valence-corrected chi connectivity index (χ2v) is 5.13. The highest BCUT2D eigenvalue weighted by molar-refractivity contribution is 5.77. The van der Waals surface area contributed by atoms with Crippen molar-refractivity contribution in [2.24, 2.45) is 5.92 Å². The highest BCUT2D eigenvalue weighted by Crippen LogP contribution is 2.16. The normalized spacial score (nSPS) is 12.3. The summed E-state index contributed by atoms with van der Waals surface area (Å²) in [6.45, 7) is 10.3. The second-order valence-electron chi connectivity index (χ2n) is 5.13. The van der Waals surface area contributed by atoms with E-state index in [-0.39, 0.29) is 18.6 Å². The molecule has 0 aromatic heterocycles. The molecule has 0 saturated carbocycles. The quantitative estimate of drug-likeness (QED) is 0.871. The van der Waals surface area contributed by atoms with E-state index in [2.05, 4.69) is 26.1 Å². The lowest BCUT2D eigenvalue weighted by Crippen LogP contribution is -2.38. The molecule has 0 spiro atoms. The molecular formula is C15H23NO2. The van der Waals surface area contributed by atoms with E-state index < -0.39 is 0 Å². The van der Waals surface area contributed by atoms with Gasteiger partial charge in [0.15, 0.2) is 6.61 Å². The van der Waals surface area contributed by atoms with Gasteiger partial charge in [-0.2, -0.15) is 0 Å². The first-order valence-corrected chi connectivity index (χ1v) is 6.39. The zero-order valence-electron chi connectivity index (χ0n) is 11.9. The molecule has 1 atom stereocenters. The largest absolute Gasteiger partial charge is 0.484 e. The molecule has 1 amide bonds. The Labute approximate surface area is 110 Å². The third-order valence-electron chi connectivity index (χ3n) is 3.24. The summed E-state index contributed by atoms with van der Waals surface area (Å²) in [4.78, 5) is 11.6. The molecule has 100 valence electrons. The second kappa shape index (κ2) is 6.43. The predicted octanol–water partition coefficient (Wildman–Crippen LogP) is 2.84. The SMILES string of the molecule is Cc1ccc(OCC(=O)N[C@@H](C)C(C)C)cc1C. The lowest BCUT2D eigenvalue weighted by Gasteiger charge is -2.17. The molecular weight excluding hydrogens is 226 g/mol. The van der Waals surface area contributed by atoms with Crippen LogP contribution >= 0.6 is 0 Å². The minimum atomic E-state index is -0.0746. The van der Waals surface area contributed by atoms with Crippen molar-refractivity contribution >= 4 is 5.91 Å². The summed E-state index contributed by atoms with van der Waals surface area (Å²) in [5.74, 6) is 1.09. The van der Waals surface area contributed by atoms with Gasteiger partial charge in [-0.3, -0.25) is 4.79 Å². The van der Waals surface area contributed by atoms with Crippen molar-refractivity contribution in [3.63, 3.8) is 0 Å². The van der Waals surface area contributed by atoms with Gasteiger partial charge in [-0.25, -0.2) is 0 Å². The first-order chi connectivity index (χ1) is 8.40. The van der Waals surface area contributed by atoms with Gasteiger partial charge in [0, 0.05) is 6.04 Å². The number of hydrogen-bond donors (Lipinski definition) is 1. The van der Waals surface area contributed by atoms with Gasteiger partial charge in [-0.15, -0.1) is 0 Å². The van der Waals surface area contributed by atoms with Crippen LogP contribution in [-0.2, 0) is 4.79 Å². The number of amides is 1. The Kier molecular flexibility index (Phi) is 5.20. The van der Waals surface area contributed by atoms with Crippen LogP contribution in [0.3, 0.4) is 0 Å². The van der Waals surface area contributed by atoms with E-state index in [1.165, 1.54) is 11.1 Å². The molecule has 0 aliphatic heterocycles. The average molecular weight is 249 g/mol. The minimum Gasteiger partial charge on any atom is -0.484 e. The van der Waals surface area contributed by atoms with Gasteiger partial charge >= 0.3 is 0 Å². The van der Waals surface area contributed by atoms with Crippen LogP contribution in [-0.4, -0.2) is 18.6 Å². The van der Waals surface area contributed by atoms with Crippen molar-refractivity contribution in [2.45, 2.75) is 40.7 Å². The van der Waals surface area contributed by atoms with Gasteiger partial charge in [-0.05, 0) is 49.9 Å². The molecule has 0 saturated heterocycles. The third kappa shape index (κ3) is 4.40. The standard InChI is InChI=1S/C15H23NO2/c1-10(2)13(5)16-15(17)9-18-14-7-6-11(3)12(4)8-14/h6-8,10,13H,9H2,1-5H3,(H,16,17)/t13-/m0/s1. The zero-order valence-corrected chi connectivity index (χ0v) is 11.9. The van der Waals surface area contributed by atoms with Gasteiger partial charge < -0.3 is 10.1 Å². The van der Waals surface area contributed by atoms with Gasteiger partial charge in [0.25, 0.3) is 5.91 Å². The highest BCUT2D eigenvalue weighted by Gasteiger charge is 2.11. The van der Waals surface area contributed by atoms with Crippen LogP contribution in [0.15, 0.2) is 18.2 Å². The molecule has 1 N–H and O–H groups in total. The van der Waals surface area contributed by atoms with Gasteiger partial charge in [0.05, 0.1) is 0 Å². The lowest BCUT2D eigenvalue weighted by molar-refractivity contribution is -0.124. The Morgan fingerprint density at radius 3 is 2.44 bits per heavy atom. The van der Waals surface area contributed by atoms with Gasteiger partial charge in [-0.1, -0.05) is 19.9 Å². The maximum atomic E-state index is 11.6. The number of nitrogens with one attached hydrogen (secondary N) is 1. The molecule has 1 rings (SSSR count). The van der Waals surface area contributed by atoms with E-state index >= 15 is 0 Å². The van der Waals surface area contributed by atoms with E-state index in [4.69, 9.17) is 4.74 Å². The fourth-order valence-corrected chi connectivity index (χ4v) is 1.41. The minimum absolute atomic E-state index is 0.0690. The first-order valence-electron chi connectivity index (χ1n) is 6.39. The number of carbonyl (C=O) groups excluding carboxylic acids is 1. The molecule has 18 heavy (non-hydrogen) atoms. The third-order valence-corrected chi connectivity index (χ3v) is 3.24. The summed E-state index contributed by atoms with van der Waals surface area (Å²) >= 11 is 0. The Morgan fingerprint density at radius 1 is 1.22 bits per heavy atom. The van der Waals surface area contributed by atoms with Crippen LogP contribution in [0.25, 0.3) is 0 Å². The lowest BCUT2D eigenvalue weighted by atomic mass is 10.1. The molecule has 0 fully saturated rings. The summed E-state index contributed by atoms with van der Waals surface area (Å²) in [5.41, 5.74) is 2.39. The van der Waals surface area contributed by atoms with E-state index in [0.29, 0.717) is 5.92 Å². The van der Waals surface area contributed by atoms with E-state index in [1.54, 1.807) is 0 Å². The molecule has 1 aromatic rings. The van der Waals surface area contributed by atoms with Crippen molar-refractivity contribution in [3.05, 3.63) is 29.3 Å². The van der Waals surface area contributed by atoms with Crippen molar-refractivity contribution in [3.8, 4) is 5.75 Å². The van der Waals surface area contributed by atoms with Crippen LogP contribution in [0.5, 0.6) is 5.75 Å². The molecule has 3 heteroatoms.